The molecule has 0 radical (unpaired) electrons. The molecule has 4 rings (SSSR count). The minimum Gasteiger partial charge on any atom is -0.468 e. The number of ketones is 1. The van der Waals surface area contributed by atoms with Crippen LogP contribution in [0.2, 0.25) is 0 Å². The Bertz CT molecular complexity index is 1240. The van der Waals surface area contributed by atoms with Crippen molar-refractivity contribution in [3.63, 3.8) is 0 Å². The van der Waals surface area contributed by atoms with Crippen molar-refractivity contribution < 1.29 is 19.2 Å². The Balaban J connectivity index is 2.04. The van der Waals surface area contributed by atoms with Crippen LogP contribution in [0.5, 0.6) is 0 Å². The Kier molecular flexibility index (Phi) is 5.52. The fraction of sp³-hybridized carbons (Fsp3) is 0.346. The third-order valence-corrected chi connectivity index (χ3v) is 6.72. The molecule has 0 N–H and O–H groups in total. The van der Waals surface area contributed by atoms with Gasteiger partial charge < -0.3 is 9.64 Å². The van der Waals surface area contributed by atoms with E-state index in [2.05, 4.69) is 6.07 Å². The van der Waals surface area contributed by atoms with Crippen molar-refractivity contribution in [3.8, 4) is 6.07 Å². The smallest absolute Gasteiger partial charge is 0.329 e. The lowest BCUT2D eigenvalue weighted by atomic mass is 9.67. The lowest BCUT2D eigenvalue weighted by Gasteiger charge is -2.37. The van der Waals surface area contributed by atoms with Crippen LogP contribution in [0.25, 0.3) is 6.08 Å². The van der Waals surface area contributed by atoms with E-state index in [0.717, 1.165) is 11.3 Å². The van der Waals surface area contributed by atoms with Gasteiger partial charge in [0, 0.05) is 29.2 Å². The molecule has 0 aliphatic carbocycles. The first-order valence-electron chi connectivity index (χ1n) is 10.9. The first kappa shape index (κ1) is 23.2. The number of hydrogen-bond donors (Lipinski definition) is 0. The van der Waals surface area contributed by atoms with Gasteiger partial charge in [-0.3, -0.25) is 19.7 Å². The molecule has 0 unspecified atom stereocenters. The van der Waals surface area contributed by atoms with Crippen molar-refractivity contribution >= 4 is 29.2 Å². The maximum Gasteiger partial charge on any atom is 0.329 e. The van der Waals surface area contributed by atoms with E-state index >= 15 is 0 Å². The average molecular weight is 460 g/mol. The quantitative estimate of drug-likeness (QED) is 0.381. The number of nitro groups is 1. The second kappa shape index (κ2) is 8.10. The topological polar surface area (TPSA) is 114 Å². The number of Topliss-reactive ketones (excluding diaryl/α,β-unsaturated/α-hetero) is 1. The number of methoxy groups -OCH3 is 1. The number of benzene rings is 2. The molecule has 4 atom stereocenters. The Labute approximate surface area is 197 Å². The number of esters is 1. The lowest BCUT2D eigenvalue weighted by molar-refractivity contribution is -0.384. The van der Waals surface area contributed by atoms with Crippen molar-refractivity contribution in [2.45, 2.75) is 38.8 Å². The third-order valence-electron chi connectivity index (χ3n) is 6.72. The van der Waals surface area contributed by atoms with Crippen LogP contribution >= 0.6 is 0 Å². The summed E-state index contributed by atoms with van der Waals surface area (Å²) >= 11 is 0. The molecule has 2 aromatic rings. The molecule has 0 bridgehead atoms. The summed E-state index contributed by atoms with van der Waals surface area (Å²) in [6.45, 7) is 5.40. The number of nitro benzene ring substituents is 1. The Morgan fingerprint density at radius 1 is 1.15 bits per heavy atom. The van der Waals surface area contributed by atoms with Crippen molar-refractivity contribution in [2.75, 3.05) is 12.0 Å². The molecule has 0 amide bonds. The number of para-hydroxylation sites is 1. The molecule has 0 spiro atoms. The van der Waals surface area contributed by atoms with Gasteiger partial charge in [0.25, 0.3) is 5.69 Å². The highest BCUT2D eigenvalue weighted by Crippen LogP contribution is 2.57. The number of nitriles is 1. The van der Waals surface area contributed by atoms with Crippen LogP contribution in [0.4, 0.5) is 11.4 Å². The highest BCUT2D eigenvalue weighted by atomic mass is 16.6. The van der Waals surface area contributed by atoms with Gasteiger partial charge in [0.05, 0.1) is 30.2 Å². The third kappa shape index (κ3) is 3.27. The molecule has 2 aromatic carbocycles. The minimum atomic E-state index is -1.75. The molecule has 1 fully saturated rings. The van der Waals surface area contributed by atoms with E-state index in [1.807, 2.05) is 35.2 Å². The molecule has 1 saturated heterocycles. The number of anilines is 1. The number of rotatable bonds is 4. The lowest BCUT2D eigenvalue weighted by Crippen LogP contribution is -2.48. The molecular weight excluding hydrogens is 434 g/mol. The fourth-order valence-corrected chi connectivity index (χ4v) is 5.16. The van der Waals surface area contributed by atoms with Crippen LogP contribution in [0, 0.1) is 32.3 Å². The SMILES string of the molecule is COC(=O)[C@]1(C#N)[C@H](c2ccc([N+](=O)[O-])cc2)[C@@H](C(=O)C(C)(C)C)N2c3ccccc3C=C[C@H]21. The summed E-state index contributed by atoms with van der Waals surface area (Å²) in [5, 5.41) is 21.8. The van der Waals surface area contributed by atoms with Gasteiger partial charge in [-0.1, -0.05) is 63.3 Å². The minimum absolute atomic E-state index is 0.121. The number of carbonyl (C=O) groups is 2. The zero-order chi connectivity index (χ0) is 24.8. The van der Waals surface area contributed by atoms with E-state index in [0.29, 0.717) is 5.56 Å². The van der Waals surface area contributed by atoms with Crippen molar-refractivity contribution in [1.82, 2.24) is 0 Å². The van der Waals surface area contributed by atoms with Gasteiger partial charge in [0.2, 0.25) is 0 Å². The van der Waals surface area contributed by atoms with E-state index in [-0.39, 0.29) is 11.5 Å². The highest BCUT2D eigenvalue weighted by molar-refractivity contribution is 5.99. The number of carbonyl (C=O) groups excluding carboxylic acids is 2. The average Bonchev–Trinajstić information content (AvgIpc) is 3.13. The highest BCUT2D eigenvalue weighted by Gasteiger charge is 2.67. The number of ether oxygens (including phenoxy) is 1. The Morgan fingerprint density at radius 3 is 2.35 bits per heavy atom. The molecule has 174 valence electrons. The summed E-state index contributed by atoms with van der Waals surface area (Å²) in [4.78, 5) is 39.9. The van der Waals surface area contributed by atoms with Crippen LogP contribution < -0.4 is 4.90 Å². The predicted molar refractivity (Wildman–Crippen MR) is 126 cm³/mol. The van der Waals surface area contributed by atoms with Crippen LogP contribution in [0.15, 0.2) is 54.6 Å². The Hall–Kier alpha value is -3.99. The van der Waals surface area contributed by atoms with Gasteiger partial charge in [-0.25, -0.2) is 0 Å². The first-order valence-corrected chi connectivity index (χ1v) is 10.9. The molecule has 0 aromatic heterocycles. The number of nitrogens with zero attached hydrogens (tertiary/aromatic N) is 3. The van der Waals surface area contributed by atoms with E-state index in [9.17, 15) is 25.0 Å². The van der Waals surface area contributed by atoms with Gasteiger partial charge in [-0.05, 0) is 17.2 Å². The molecule has 2 aliphatic rings. The van der Waals surface area contributed by atoms with Crippen LogP contribution in [0.3, 0.4) is 0 Å². The number of fused-ring (bicyclic) bond motifs is 3. The molecule has 2 aliphatic heterocycles. The van der Waals surface area contributed by atoms with Gasteiger partial charge >= 0.3 is 5.97 Å². The van der Waals surface area contributed by atoms with Crippen molar-refractivity contribution in [1.29, 1.82) is 5.26 Å². The summed E-state index contributed by atoms with van der Waals surface area (Å²) in [5.41, 5.74) is -0.562. The zero-order valence-electron chi connectivity index (χ0n) is 19.4. The predicted octanol–water partition coefficient (Wildman–Crippen LogP) is 4.26. The van der Waals surface area contributed by atoms with E-state index < -0.39 is 39.7 Å². The van der Waals surface area contributed by atoms with Crippen molar-refractivity contribution in [3.05, 3.63) is 75.8 Å². The summed E-state index contributed by atoms with van der Waals surface area (Å²) < 4.78 is 5.15. The monoisotopic (exact) mass is 459 g/mol. The van der Waals surface area contributed by atoms with Crippen LogP contribution in [-0.2, 0) is 14.3 Å². The molecule has 0 saturated carbocycles. The summed E-state index contributed by atoms with van der Waals surface area (Å²) in [7, 11) is 1.22. The van der Waals surface area contributed by atoms with Crippen molar-refractivity contribution in [2.24, 2.45) is 10.8 Å². The largest absolute Gasteiger partial charge is 0.468 e. The molecule has 2 heterocycles. The fourth-order valence-electron chi connectivity index (χ4n) is 5.16. The van der Waals surface area contributed by atoms with Gasteiger partial charge in [-0.2, -0.15) is 5.26 Å². The van der Waals surface area contributed by atoms with Gasteiger partial charge in [-0.15, -0.1) is 0 Å². The maximum atomic E-state index is 14.0. The van der Waals surface area contributed by atoms with E-state index in [1.165, 1.54) is 31.4 Å². The second-order valence-electron chi connectivity index (χ2n) is 9.63. The van der Waals surface area contributed by atoms with E-state index in [4.69, 9.17) is 4.74 Å². The van der Waals surface area contributed by atoms with Gasteiger partial charge in [0.1, 0.15) is 0 Å². The van der Waals surface area contributed by atoms with Crippen LogP contribution in [0.1, 0.15) is 37.8 Å². The number of non-ortho nitro benzene ring substituents is 1. The van der Waals surface area contributed by atoms with Crippen LogP contribution in [-0.4, -0.2) is 35.9 Å². The summed E-state index contributed by atoms with van der Waals surface area (Å²) in [6.07, 6.45) is 3.62. The molecule has 8 heteroatoms. The first-order chi connectivity index (χ1) is 16.1. The molecular formula is C26H25N3O5. The molecule has 8 nitrogen and oxygen atoms in total. The summed E-state index contributed by atoms with van der Waals surface area (Å²) in [6, 6.07) is 13.8. The number of hydrogen-bond acceptors (Lipinski definition) is 7. The second-order valence-corrected chi connectivity index (χ2v) is 9.63. The summed E-state index contributed by atoms with van der Waals surface area (Å²) in [5.74, 6) is -1.81. The normalized spacial score (nSPS) is 25.1. The van der Waals surface area contributed by atoms with E-state index in [1.54, 1.807) is 26.8 Å². The maximum absolute atomic E-state index is 14.0. The Morgan fingerprint density at radius 2 is 1.79 bits per heavy atom. The molecule has 34 heavy (non-hydrogen) atoms. The zero-order valence-corrected chi connectivity index (χ0v) is 19.4. The standard InChI is InChI=1S/C26H25N3O5/c1-25(2,3)23(30)22-21(17-9-12-18(13-10-17)29(32)33)26(15-27,24(31)34-4)20-14-11-16-7-5-6-8-19(16)28(20)22/h5-14,20-22H,1-4H3/t20-,21+,22-,26-/m0/s1. The van der Waals surface area contributed by atoms with Gasteiger partial charge in [0.15, 0.2) is 11.2 Å².